The third-order valence-corrected chi connectivity index (χ3v) is 2.45. The van der Waals surface area contributed by atoms with Crippen molar-refractivity contribution in [1.82, 2.24) is 0 Å². The second-order valence-corrected chi connectivity index (χ2v) is 3.35. The molecule has 78 valence electrons. The lowest BCUT2D eigenvalue weighted by Gasteiger charge is -2.02. The highest BCUT2D eigenvalue weighted by Gasteiger charge is 2.13. The molecule has 0 heterocycles. The van der Waals surface area contributed by atoms with Crippen LogP contribution in [0.2, 0.25) is 10.0 Å². The summed E-state index contributed by atoms with van der Waals surface area (Å²) in [4.78, 5) is 23.1. The summed E-state index contributed by atoms with van der Waals surface area (Å²) in [6.45, 7) is -0.0796. The number of hydrogen-bond donors (Lipinski definition) is 0. The van der Waals surface area contributed by atoms with Crippen molar-refractivity contribution in [1.29, 1.82) is 0 Å². The van der Waals surface area contributed by atoms with Crippen molar-refractivity contribution in [2.45, 2.75) is 6.54 Å². The van der Waals surface area contributed by atoms with E-state index in [0.717, 1.165) is 6.07 Å². The summed E-state index contributed by atoms with van der Waals surface area (Å²) in [6, 6.07) is 2.35. The van der Waals surface area contributed by atoms with E-state index in [2.05, 4.69) is 4.99 Å². The van der Waals surface area contributed by atoms with Crippen LogP contribution >= 0.6 is 23.2 Å². The molecule has 0 aliphatic heterocycles. The van der Waals surface area contributed by atoms with Crippen LogP contribution < -0.4 is 0 Å². The lowest BCUT2D eigenvalue weighted by Crippen LogP contribution is -1.92. The molecule has 0 saturated carbocycles. The highest BCUT2D eigenvalue weighted by molar-refractivity contribution is 6.42. The van der Waals surface area contributed by atoms with Crippen LogP contribution in [-0.2, 0) is 11.3 Å². The van der Waals surface area contributed by atoms with Crippen molar-refractivity contribution in [3.63, 3.8) is 0 Å². The Labute approximate surface area is 94.5 Å². The van der Waals surface area contributed by atoms with Crippen LogP contribution in [-0.4, -0.2) is 11.0 Å². The first kappa shape index (κ1) is 11.7. The number of isocyanates is 1. The van der Waals surface area contributed by atoms with Gasteiger partial charge in [0.1, 0.15) is 0 Å². The zero-order valence-corrected chi connectivity index (χ0v) is 8.75. The molecule has 0 fully saturated rings. The second-order valence-electron chi connectivity index (χ2n) is 2.57. The minimum Gasteiger partial charge on any atom is -0.258 e. The topological polar surface area (TPSA) is 72.6 Å². The number of carbonyl (C=O) groups excluding carboxylic acids is 1. The van der Waals surface area contributed by atoms with Gasteiger partial charge in [-0.25, -0.2) is 9.79 Å². The number of aliphatic imine (C=N–C) groups is 1. The summed E-state index contributed by atoms with van der Waals surface area (Å²) < 4.78 is 0. The number of halogens is 2. The van der Waals surface area contributed by atoms with Crippen LogP contribution in [0.3, 0.4) is 0 Å². The molecule has 1 aromatic rings. The molecular weight excluding hydrogens is 243 g/mol. The van der Waals surface area contributed by atoms with E-state index in [1.165, 1.54) is 12.1 Å². The first-order chi connectivity index (χ1) is 7.06. The molecule has 7 heteroatoms. The Morgan fingerprint density at radius 2 is 2.13 bits per heavy atom. The number of nitro benzene ring substituents is 1. The smallest absolute Gasteiger partial charge is 0.258 e. The summed E-state index contributed by atoms with van der Waals surface area (Å²) in [7, 11) is 0. The van der Waals surface area contributed by atoms with Gasteiger partial charge in [0.2, 0.25) is 6.08 Å². The number of non-ortho nitro benzene ring substituents is 1. The predicted molar refractivity (Wildman–Crippen MR) is 54.9 cm³/mol. The number of benzene rings is 1. The van der Waals surface area contributed by atoms with Crippen molar-refractivity contribution in [2.24, 2.45) is 4.99 Å². The lowest BCUT2D eigenvalue weighted by molar-refractivity contribution is -0.384. The molecule has 0 atom stereocenters. The van der Waals surface area contributed by atoms with Gasteiger partial charge < -0.3 is 0 Å². The Morgan fingerprint density at radius 3 is 2.67 bits per heavy atom. The van der Waals surface area contributed by atoms with E-state index < -0.39 is 4.92 Å². The Morgan fingerprint density at radius 1 is 1.47 bits per heavy atom. The zero-order chi connectivity index (χ0) is 11.4. The minimum atomic E-state index is -0.601. The summed E-state index contributed by atoms with van der Waals surface area (Å²) in [5.41, 5.74) is 0.125. The van der Waals surface area contributed by atoms with Crippen molar-refractivity contribution in [3.05, 3.63) is 37.9 Å². The van der Waals surface area contributed by atoms with Crippen molar-refractivity contribution < 1.29 is 9.72 Å². The SMILES string of the molecule is O=C=NCc1cc([N+](=O)[O-])cc(Cl)c1Cl. The molecule has 5 nitrogen and oxygen atoms in total. The third kappa shape index (κ3) is 2.76. The summed E-state index contributed by atoms with van der Waals surface area (Å²) in [5, 5.41) is 10.7. The van der Waals surface area contributed by atoms with Gasteiger partial charge >= 0.3 is 0 Å². The van der Waals surface area contributed by atoms with E-state index in [-0.39, 0.29) is 22.3 Å². The van der Waals surface area contributed by atoms with Crippen LogP contribution in [0.25, 0.3) is 0 Å². The van der Waals surface area contributed by atoms with Crippen molar-refractivity contribution >= 4 is 35.0 Å². The molecule has 0 aliphatic carbocycles. The molecule has 0 saturated heterocycles. The average molecular weight is 247 g/mol. The Kier molecular flexibility index (Phi) is 3.80. The monoisotopic (exact) mass is 246 g/mol. The number of rotatable bonds is 3. The largest absolute Gasteiger partial charge is 0.271 e. The summed E-state index contributed by atoms with van der Waals surface area (Å²) in [6.07, 6.45) is 1.31. The van der Waals surface area contributed by atoms with E-state index in [0.29, 0.717) is 5.56 Å². The molecular formula is C8H4Cl2N2O3. The van der Waals surface area contributed by atoms with E-state index in [1.54, 1.807) is 0 Å². The first-order valence-electron chi connectivity index (χ1n) is 3.72. The number of nitro groups is 1. The molecule has 0 unspecified atom stereocenters. The maximum atomic E-state index is 10.5. The Hall–Kier alpha value is -1.42. The van der Waals surface area contributed by atoms with E-state index >= 15 is 0 Å². The molecule has 0 N–H and O–H groups in total. The van der Waals surface area contributed by atoms with Gasteiger partial charge in [0.15, 0.2) is 0 Å². The summed E-state index contributed by atoms with van der Waals surface area (Å²) in [5.74, 6) is 0. The standard InChI is InChI=1S/C8H4Cl2N2O3/c9-7-2-6(12(14)15)1-5(8(7)10)3-11-4-13/h1-2H,3H2. The Bertz CT molecular complexity index is 455. The molecule has 0 spiro atoms. The molecule has 1 aromatic carbocycles. The fraction of sp³-hybridized carbons (Fsp3) is 0.125. The zero-order valence-electron chi connectivity index (χ0n) is 7.24. The number of nitrogens with zero attached hydrogens (tertiary/aromatic N) is 2. The van der Waals surface area contributed by atoms with Crippen molar-refractivity contribution in [2.75, 3.05) is 0 Å². The maximum absolute atomic E-state index is 10.5. The molecule has 15 heavy (non-hydrogen) atoms. The van der Waals surface area contributed by atoms with Gasteiger partial charge in [0.25, 0.3) is 5.69 Å². The minimum absolute atomic E-state index is 0.0574. The van der Waals surface area contributed by atoms with E-state index in [9.17, 15) is 14.9 Å². The van der Waals surface area contributed by atoms with Gasteiger partial charge in [0.05, 0.1) is 21.5 Å². The quantitative estimate of drug-likeness (QED) is 0.356. The Balaban J connectivity index is 3.24. The molecule has 0 aromatic heterocycles. The maximum Gasteiger partial charge on any atom is 0.271 e. The van der Waals surface area contributed by atoms with E-state index in [1.807, 2.05) is 0 Å². The first-order valence-corrected chi connectivity index (χ1v) is 4.47. The highest BCUT2D eigenvalue weighted by atomic mass is 35.5. The van der Waals surface area contributed by atoms with Gasteiger partial charge in [0, 0.05) is 17.7 Å². The molecule has 0 amide bonds. The van der Waals surface area contributed by atoms with Crippen LogP contribution in [0.1, 0.15) is 5.56 Å². The van der Waals surface area contributed by atoms with Gasteiger partial charge in [-0.2, -0.15) is 0 Å². The molecule has 1 rings (SSSR count). The van der Waals surface area contributed by atoms with Crippen molar-refractivity contribution in [3.8, 4) is 0 Å². The van der Waals surface area contributed by atoms with Crippen LogP contribution in [0, 0.1) is 10.1 Å². The predicted octanol–water partition coefficient (Wildman–Crippen LogP) is 2.74. The van der Waals surface area contributed by atoms with Crippen LogP contribution in [0.4, 0.5) is 5.69 Å². The lowest BCUT2D eigenvalue weighted by atomic mass is 10.2. The normalized spacial score (nSPS) is 9.47. The van der Waals surface area contributed by atoms with Gasteiger partial charge in [-0.3, -0.25) is 10.1 Å². The summed E-state index contributed by atoms with van der Waals surface area (Å²) >= 11 is 11.4. The fourth-order valence-electron chi connectivity index (χ4n) is 0.968. The van der Waals surface area contributed by atoms with Crippen LogP contribution in [0.5, 0.6) is 0 Å². The molecule has 0 aliphatic rings. The highest BCUT2D eigenvalue weighted by Crippen LogP contribution is 2.31. The third-order valence-electron chi connectivity index (χ3n) is 1.61. The van der Waals surface area contributed by atoms with Crippen LogP contribution in [0.15, 0.2) is 17.1 Å². The van der Waals surface area contributed by atoms with Gasteiger partial charge in [-0.15, -0.1) is 0 Å². The molecule has 0 bridgehead atoms. The van der Waals surface area contributed by atoms with Gasteiger partial charge in [-0.1, -0.05) is 23.2 Å². The number of hydrogen-bond acceptors (Lipinski definition) is 4. The molecule has 0 radical (unpaired) electrons. The fourth-order valence-corrected chi connectivity index (χ4v) is 1.37. The van der Waals surface area contributed by atoms with Gasteiger partial charge in [-0.05, 0) is 0 Å². The average Bonchev–Trinajstić information content (AvgIpc) is 2.19. The van der Waals surface area contributed by atoms with E-state index in [4.69, 9.17) is 23.2 Å². The second kappa shape index (κ2) is 4.89.